The van der Waals surface area contributed by atoms with Gasteiger partial charge in [0.15, 0.2) is 0 Å². The van der Waals surface area contributed by atoms with Crippen LogP contribution in [0.4, 0.5) is 0 Å². The second kappa shape index (κ2) is 4.60. The Morgan fingerprint density at radius 2 is 2.00 bits per heavy atom. The molecule has 0 aliphatic heterocycles. The molecule has 1 aliphatic rings. The van der Waals surface area contributed by atoms with Crippen molar-refractivity contribution >= 4 is 11.9 Å². The Balaban J connectivity index is 2.93. The lowest BCUT2D eigenvalue weighted by atomic mass is 9.93. The summed E-state index contributed by atoms with van der Waals surface area (Å²) in [6.45, 7) is 0. The minimum Gasteiger partial charge on any atom is -0.478 e. The average molecular weight is 196 g/mol. The summed E-state index contributed by atoms with van der Waals surface area (Å²) in [5.74, 6) is -2.38. The molecule has 14 heavy (non-hydrogen) atoms. The molecule has 0 saturated heterocycles. The molecule has 0 amide bonds. The highest BCUT2D eigenvalue weighted by Gasteiger charge is 2.16. The number of carboxylic acids is 2. The van der Waals surface area contributed by atoms with Crippen LogP contribution in [0.2, 0.25) is 0 Å². The summed E-state index contributed by atoms with van der Waals surface area (Å²) in [7, 11) is 0. The van der Waals surface area contributed by atoms with E-state index in [9.17, 15) is 9.59 Å². The van der Waals surface area contributed by atoms with E-state index in [1.54, 1.807) is 0 Å². The molecule has 0 heterocycles. The normalized spacial score (nSPS) is 17.4. The lowest BCUT2D eigenvalue weighted by Gasteiger charge is -2.12. The fraction of sp³-hybridized carbons (Fsp3) is 0.400. The third-order valence-corrected chi connectivity index (χ3v) is 2.14. The highest BCUT2D eigenvalue weighted by molar-refractivity contribution is 5.98. The van der Waals surface area contributed by atoms with E-state index in [4.69, 9.17) is 10.2 Å². The van der Waals surface area contributed by atoms with Crippen LogP contribution in [0.3, 0.4) is 0 Å². The minimum absolute atomic E-state index is 0.0859. The molecule has 0 fully saturated rings. The Morgan fingerprint density at radius 3 is 2.43 bits per heavy atom. The standard InChI is InChI=1S/C10H12O4/c11-9(12)6-8(10(13)14)7-4-2-1-3-5-7/h4,6H,1-3,5H2,(H,11,12)(H,13,14). The van der Waals surface area contributed by atoms with Crippen molar-refractivity contribution in [1.29, 1.82) is 0 Å². The third kappa shape index (κ3) is 2.73. The molecule has 0 radical (unpaired) electrons. The monoisotopic (exact) mass is 196 g/mol. The second-order valence-corrected chi connectivity index (χ2v) is 3.18. The fourth-order valence-electron chi connectivity index (χ4n) is 1.50. The first-order chi connectivity index (χ1) is 6.61. The number of rotatable bonds is 3. The Hall–Kier alpha value is -1.58. The van der Waals surface area contributed by atoms with Crippen LogP contribution in [0.25, 0.3) is 0 Å². The Morgan fingerprint density at radius 1 is 1.29 bits per heavy atom. The molecule has 0 unspecified atom stereocenters. The van der Waals surface area contributed by atoms with Gasteiger partial charge in [0.2, 0.25) is 0 Å². The number of allylic oxidation sites excluding steroid dienone is 1. The molecule has 1 rings (SSSR count). The molecule has 76 valence electrons. The van der Waals surface area contributed by atoms with Gasteiger partial charge < -0.3 is 10.2 Å². The topological polar surface area (TPSA) is 74.6 Å². The van der Waals surface area contributed by atoms with Gasteiger partial charge in [0, 0.05) is 6.08 Å². The van der Waals surface area contributed by atoms with Crippen molar-refractivity contribution in [3.8, 4) is 0 Å². The molecule has 0 spiro atoms. The van der Waals surface area contributed by atoms with Crippen LogP contribution in [0, 0.1) is 0 Å². The van der Waals surface area contributed by atoms with Gasteiger partial charge >= 0.3 is 11.9 Å². The van der Waals surface area contributed by atoms with Gasteiger partial charge in [-0.15, -0.1) is 0 Å². The van der Waals surface area contributed by atoms with Gasteiger partial charge in [-0.2, -0.15) is 0 Å². The number of aliphatic carboxylic acids is 2. The highest BCUT2D eigenvalue weighted by Crippen LogP contribution is 2.23. The highest BCUT2D eigenvalue weighted by atomic mass is 16.4. The Labute approximate surface area is 81.6 Å². The van der Waals surface area contributed by atoms with Crippen LogP contribution in [0.5, 0.6) is 0 Å². The van der Waals surface area contributed by atoms with E-state index in [1.807, 2.05) is 6.08 Å². The molecular formula is C10H12O4. The summed E-state index contributed by atoms with van der Waals surface area (Å²) in [5.41, 5.74) is 0.559. The first-order valence-electron chi connectivity index (χ1n) is 4.48. The molecule has 0 atom stereocenters. The summed E-state index contributed by atoms with van der Waals surface area (Å²) in [4.78, 5) is 21.2. The van der Waals surface area contributed by atoms with Gasteiger partial charge in [0.05, 0.1) is 5.57 Å². The predicted molar refractivity (Wildman–Crippen MR) is 49.9 cm³/mol. The van der Waals surface area contributed by atoms with Gasteiger partial charge in [-0.25, -0.2) is 9.59 Å². The average Bonchev–Trinajstić information content (AvgIpc) is 2.15. The van der Waals surface area contributed by atoms with Gasteiger partial charge in [-0.05, 0) is 31.3 Å². The quantitative estimate of drug-likeness (QED) is 0.672. The van der Waals surface area contributed by atoms with Gasteiger partial charge in [0.25, 0.3) is 0 Å². The zero-order valence-corrected chi connectivity index (χ0v) is 7.69. The molecule has 4 heteroatoms. The molecule has 1 aliphatic carbocycles. The van der Waals surface area contributed by atoms with Crippen LogP contribution < -0.4 is 0 Å². The van der Waals surface area contributed by atoms with E-state index in [2.05, 4.69) is 0 Å². The summed E-state index contributed by atoms with van der Waals surface area (Å²) in [5, 5.41) is 17.3. The Bertz CT molecular complexity index is 312. The van der Waals surface area contributed by atoms with E-state index in [0.717, 1.165) is 25.3 Å². The van der Waals surface area contributed by atoms with Gasteiger partial charge in [-0.1, -0.05) is 6.08 Å². The number of hydrogen-bond acceptors (Lipinski definition) is 2. The summed E-state index contributed by atoms with van der Waals surface area (Å²) in [6, 6.07) is 0. The van der Waals surface area contributed by atoms with E-state index in [1.165, 1.54) is 0 Å². The number of carbonyl (C=O) groups is 2. The summed E-state index contributed by atoms with van der Waals surface area (Å²) >= 11 is 0. The number of hydrogen-bond donors (Lipinski definition) is 2. The first kappa shape index (κ1) is 10.5. The molecule has 0 bridgehead atoms. The predicted octanol–water partition coefficient (Wildman–Crippen LogP) is 1.58. The van der Waals surface area contributed by atoms with Crippen molar-refractivity contribution in [2.75, 3.05) is 0 Å². The van der Waals surface area contributed by atoms with Crippen molar-refractivity contribution in [1.82, 2.24) is 0 Å². The lowest BCUT2D eigenvalue weighted by molar-refractivity contribution is -0.134. The smallest absolute Gasteiger partial charge is 0.336 e. The maximum Gasteiger partial charge on any atom is 0.336 e. The van der Waals surface area contributed by atoms with Crippen molar-refractivity contribution in [3.63, 3.8) is 0 Å². The second-order valence-electron chi connectivity index (χ2n) is 3.18. The van der Waals surface area contributed by atoms with E-state index in [-0.39, 0.29) is 5.57 Å². The van der Waals surface area contributed by atoms with Crippen molar-refractivity contribution in [2.45, 2.75) is 25.7 Å². The van der Waals surface area contributed by atoms with Gasteiger partial charge in [0.1, 0.15) is 0 Å². The SMILES string of the molecule is O=C(O)C=C(C(=O)O)C1=CCCCC1. The zero-order valence-electron chi connectivity index (χ0n) is 7.69. The van der Waals surface area contributed by atoms with E-state index < -0.39 is 11.9 Å². The summed E-state index contributed by atoms with van der Waals surface area (Å²) in [6.07, 6.45) is 6.04. The van der Waals surface area contributed by atoms with Crippen molar-refractivity contribution in [2.24, 2.45) is 0 Å². The van der Waals surface area contributed by atoms with Crippen molar-refractivity contribution in [3.05, 3.63) is 23.3 Å². The zero-order chi connectivity index (χ0) is 10.6. The molecule has 0 aromatic rings. The minimum atomic E-state index is -1.21. The first-order valence-corrected chi connectivity index (χ1v) is 4.48. The van der Waals surface area contributed by atoms with Crippen LogP contribution >= 0.6 is 0 Å². The van der Waals surface area contributed by atoms with E-state index >= 15 is 0 Å². The third-order valence-electron chi connectivity index (χ3n) is 2.14. The molecule has 0 saturated carbocycles. The van der Waals surface area contributed by atoms with Crippen LogP contribution in [-0.2, 0) is 9.59 Å². The number of carboxylic acid groups (broad SMARTS) is 2. The van der Waals surface area contributed by atoms with Gasteiger partial charge in [-0.3, -0.25) is 0 Å². The molecular weight excluding hydrogens is 184 g/mol. The molecule has 0 aromatic heterocycles. The van der Waals surface area contributed by atoms with Crippen LogP contribution in [0.15, 0.2) is 23.3 Å². The fourth-order valence-corrected chi connectivity index (χ4v) is 1.50. The molecule has 2 N–H and O–H groups in total. The maximum absolute atomic E-state index is 10.8. The van der Waals surface area contributed by atoms with Crippen molar-refractivity contribution < 1.29 is 19.8 Å². The largest absolute Gasteiger partial charge is 0.478 e. The Kier molecular flexibility index (Phi) is 3.45. The molecule has 4 nitrogen and oxygen atoms in total. The van der Waals surface area contributed by atoms with E-state index in [0.29, 0.717) is 12.0 Å². The van der Waals surface area contributed by atoms with Crippen LogP contribution in [0.1, 0.15) is 25.7 Å². The van der Waals surface area contributed by atoms with Crippen LogP contribution in [-0.4, -0.2) is 22.2 Å². The molecule has 0 aromatic carbocycles. The summed E-state index contributed by atoms with van der Waals surface area (Å²) < 4.78 is 0. The lowest BCUT2D eigenvalue weighted by Crippen LogP contribution is -2.08. The maximum atomic E-state index is 10.8.